The van der Waals surface area contributed by atoms with Gasteiger partial charge in [0.15, 0.2) is 0 Å². The summed E-state index contributed by atoms with van der Waals surface area (Å²) in [5, 5.41) is 0. The molecule has 2 aliphatic rings. The zero-order valence-electron chi connectivity index (χ0n) is 10.8. The fourth-order valence-corrected chi connectivity index (χ4v) is 1.56. The first-order chi connectivity index (χ1) is 8.24. The van der Waals surface area contributed by atoms with E-state index in [1.165, 1.54) is 11.1 Å². The summed E-state index contributed by atoms with van der Waals surface area (Å²) < 4.78 is 16.0. The van der Waals surface area contributed by atoms with Crippen molar-refractivity contribution in [3.63, 3.8) is 0 Å². The summed E-state index contributed by atoms with van der Waals surface area (Å²) >= 11 is 0. The van der Waals surface area contributed by atoms with Gasteiger partial charge in [0.2, 0.25) is 0 Å². The highest BCUT2D eigenvalue weighted by Crippen LogP contribution is 2.16. The Bertz CT molecular complexity index is 269. The molecule has 3 heteroatoms. The summed E-state index contributed by atoms with van der Waals surface area (Å²) in [7, 11) is 0. The van der Waals surface area contributed by atoms with E-state index in [-0.39, 0.29) is 0 Å². The van der Waals surface area contributed by atoms with Crippen LogP contribution in [0.1, 0.15) is 26.7 Å². The van der Waals surface area contributed by atoms with Crippen molar-refractivity contribution in [2.24, 2.45) is 0 Å². The molecule has 2 unspecified atom stereocenters. The molecule has 0 amide bonds. The van der Waals surface area contributed by atoms with Crippen LogP contribution >= 0.6 is 0 Å². The molecule has 96 valence electrons. The van der Waals surface area contributed by atoms with Crippen LogP contribution in [0.25, 0.3) is 0 Å². The Morgan fingerprint density at radius 3 is 1.76 bits per heavy atom. The van der Waals surface area contributed by atoms with Gasteiger partial charge in [-0.05, 0) is 26.7 Å². The molecule has 2 saturated heterocycles. The van der Waals surface area contributed by atoms with Crippen LogP contribution in [0, 0.1) is 0 Å². The molecule has 2 fully saturated rings. The molecule has 0 aromatic carbocycles. The second kappa shape index (κ2) is 6.34. The summed E-state index contributed by atoms with van der Waals surface area (Å²) in [6.07, 6.45) is 7.45. The van der Waals surface area contributed by atoms with Crippen LogP contribution in [0.15, 0.2) is 23.3 Å². The van der Waals surface area contributed by atoms with E-state index in [2.05, 4.69) is 26.0 Å². The van der Waals surface area contributed by atoms with E-state index in [1.54, 1.807) is 0 Å². The first-order valence-corrected chi connectivity index (χ1v) is 6.36. The maximum absolute atomic E-state index is 5.64. The maximum Gasteiger partial charge on any atom is 0.0844 e. The van der Waals surface area contributed by atoms with Crippen molar-refractivity contribution < 1.29 is 14.2 Å². The number of hydrogen-bond acceptors (Lipinski definition) is 3. The van der Waals surface area contributed by atoms with E-state index >= 15 is 0 Å². The summed E-state index contributed by atoms with van der Waals surface area (Å²) in [6, 6.07) is 0. The largest absolute Gasteiger partial charge is 0.373 e. The highest BCUT2D eigenvalue weighted by molar-refractivity contribution is 5.03. The Kier molecular flexibility index (Phi) is 4.77. The number of hydrogen-bond donors (Lipinski definition) is 0. The molecule has 0 bridgehead atoms. The molecular weight excluding hydrogens is 216 g/mol. The summed E-state index contributed by atoms with van der Waals surface area (Å²) in [5.74, 6) is 0. The van der Waals surface area contributed by atoms with Crippen molar-refractivity contribution in [2.75, 3.05) is 26.4 Å². The Balaban J connectivity index is 1.53. The lowest BCUT2D eigenvalue weighted by molar-refractivity contribution is 0.179. The molecule has 2 aliphatic heterocycles. The van der Waals surface area contributed by atoms with E-state index in [1.807, 2.05) is 0 Å². The minimum absolute atomic E-state index is 0.477. The number of ether oxygens (including phenoxy) is 3. The van der Waals surface area contributed by atoms with Gasteiger partial charge >= 0.3 is 0 Å². The van der Waals surface area contributed by atoms with Crippen molar-refractivity contribution in [1.29, 1.82) is 0 Å². The van der Waals surface area contributed by atoms with E-state index in [0.717, 1.165) is 39.3 Å². The zero-order valence-corrected chi connectivity index (χ0v) is 10.8. The van der Waals surface area contributed by atoms with E-state index in [0.29, 0.717) is 12.2 Å². The number of rotatable bonds is 8. The third-order valence-electron chi connectivity index (χ3n) is 2.92. The van der Waals surface area contributed by atoms with Crippen LogP contribution in [-0.2, 0) is 14.2 Å². The SMILES string of the molecule is CC(=CCC1CO1)COCC(C)=CCC1CO1. The standard InChI is InChI=1S/C14H22O3/c1-11(3-5-13-9-16-13)7-15-8-12(2)4-6-14-10-17-14/h3-4,13-14H,5-10H2,1-2H3. The average Bonchev–Trinajstić information content (AvgIpc) is 3.16. The van der Waals surface area contributed by atoms with Gasteiger partial charge in [-0.15, -0.1) is 0 Å². The van der Waals surface area contributed by atoms with Crippen molar-refractivity contribution >= 4 is 0 Å². The van der Waals surface area contributed by atoms with E-state index in [9.17, 15) is 0 Å². The highest BCUT2D eigenvalue weighted by Gasteiger charge is 2.20. The van der Waals surface area contributed by atoms with Crippen LogP contribution in [0.4, 0.5) is 0 Å². The lowest BCUT2D eigenvalue weighted by Gasteiger charge is -2.05. The van der Waals surface area contributed by atoms with Gasteiger partial charge in [-0.25, -0.2) is 0 Å². The molecular formula is C14H22O3. The van der Waals surface area contributed by atoms with Gasteiger partial charge in [-0.3, -0.25) is 0 Å². The minimum Gasteiger partial charge on any atom is -0.373 e. The Morgan fingerprint density at radius 2 is 1.41 bits per heavy atom. The second-order valence-electron chi connectivity index (χ2n) is 4.98. The van der Waals surface area contributed by atoms with Gasteiger partial charge in [0.05, 0.1) is 38.6 Å². The lowest BCUT2D eigenvalue weighted by Crippen LogP contribution is -2.00. The average molecular weight is 238 g/mol. The topological polar surface area (TPSA) is 34.3 Å². The molecule has 0 aromatic heterocycles. The van der Waals surface area contributed by atoms with Gasteiger partial charge in [0.1, 0.15) is 0 Å². The van der Waals surface area contributed by atoms with Crippen molar-refractivity contribution in [2.45, 2.75) is 38.9 Å². The van der Waals surface area contributed by atoms with Crippen molar-refractivity contribution in [3.8, 4) is 0 Å². The summed E-state index contributed by atoms with van der Waals surface area (Å²) in [5.41, 5.74) is 2.58. The minimum atomic E-state index is 0.477. The molecule has 3 nitrogen and oxygen atoms in total. The first-order valence-electron chi connectivity index (χ1n) is 6.36. The van der Waals surface area contributed by atoms with E-state index < -0.39 is 0 Å². The summed E-state index contributed by atoms with van der Waals surface area (Å²) in [4.78, 5) is 0. The van der Waals surface area contributed by atoms with Gasteiger partial charge in [0.25, 0.3) is 0 Å². The monoisotopic (exact) mass is 238 g/mol. The van der Waals surface area contributed by atoms with Crippen LogP contribution in [-0.4, -0.2) is 38.6 Å². The quantitative estimate of drug-likeness (QED) is 0.481. The molecule has 17 heavy (non-hydrogen) atoms. The molecule has 2 heterocycles. The Morgan fingerprint density at radius 1 is 1.00 bits per heavy atom. The zero-order chi connectivity index (χ0) is 12.1. The van der Waals surface area contributed by atoms with Crippen molar-refractivity contribution in [3.05, 3.63) is 23.3 Å². The lowest BCUT2D eigenvalue weighted by atomic mass is 10.2. The van der Waals surface area contributed by atoms with Gasteiger partial charge in [-0.1, -0.05) is 23.3 Å². The smallest absolute Gasteiger partial charge is 0.0844 e. The van der Waals surface area contributed by atoms with Crippen molar-refractivity contribution in [1.82, 2.24) is 0 Å². The normalized spacial score (nSPS) is 28.4. The van der Waals surface area contributed by atoms with Gasteiger partial charge in [0, 0.05) is 0 Å². The molecule has 0 radical (unpaired) electrons. The fraction of sp³-hybridized carbons (Fsp3) is 0.714. The molecule has 2 rings (SSSR count). The van der Waals surface area contributed by atoms with E-state index in [4.69, 9.17) is 14.2 Å². The maximum atomic E-state index is 5.64. The Hall–Kier alpha value is -0.640. The predicted molar refractivity (Wildman–Crippen MR) is 67.0 cm³/mol. The molecule has 2 atom stereocenters. The Labute approximate surface area is 103 Å². The van der Waals surface area contributed by atoms with Crippen LogP contribution in [0.5, 0.6) is 0 Å². The molecule has 0 N–H and O–H groups in total. The third kappa shape index (κ3) is 6.01. The van der Waals surface area contributed by atoms with Crippen LogP contribution < -0.4 is 0 Å². The first kappa shape index (κ1) is 12.8. The molecule has 0 aliphatic carbocycles. The fourth-order valence-electron chi connectivity index (χ4n) is 1.56. The van der Waals surface area contributed by atoms with Gasteiger partial charge < -0.3 is 14.2 Å². The van der Waals surface area contributed by atoms with Crippen LogP contribution in [0.2, 0.25) is 0 Å². The van der Waals surface area contributed by atoms with Crippen LogP contribution in [0.3, 0.4) is 0 Å². The highest BCUT2D eigenvalue weighted by atomic mass is 16.6. The molecule has 0 spiro atoms. The predicted octanol–water partition coefficient (Wildman–Crippen LogP) is 2.47. The second-order valence-corrected chi connectivity index (χ2v) is 4.98. The number of epoxide rings is 2. The molecule has 0 aromatic rings. The third-order valence-corrected chi connectivity index (χ3v) is 2.92. The summed E-state index contributed by atoms with van der Waals surface area (Å²) in [6.45, 7) is 7.51. The molecule has 0 saturated carbocycles. The van der Waals surface area contributed by atoms with Gasteiger partial charge in [-0.2, -0.15) is 0 Å².